The highest BCUT2D eigenvalue weighted by molar-refractivity contribution is 5.96. The Labute approximate surface area is 196 Å². The number of nitrogens with zero attached hydrogens (tertiary/aromatic N) is 1. The van der Waals surface area contributed by atoms with Crippen LogP contribution in [0.4, 0.5) is 5.69 Å². The van der Waals surface area contributed by atoms with Gasteiger partial charge in [0.05, 0.1) is 11.1 Å². The minimum atomic E-state index is -0.204. The minimum Gasteiger partial charge on any atom is -0.507 e. The molecule has 33 heavy (non-hydrogen) atoms. The zero-order valence-electron chi connectivity index (χ0n) is 19.4. The fourth-order valence-corrected chi connectivity index (χ4v) is 4.71. The molecule has 0 saturated heterocycles. The maximum Gasteiger partial charge on any atom is 0.255 e. The lowest BCUT2D eigenvalue weighted by Crippen LogP contribution is -2.24. The molecule has 0 fully saturated rings. The van der Waals surface area contributed by atoms with Crippen LogP contribution in [0.25, 0.3) is 10.9 Å². The number of fused-ring (bicyclic) bond motifs is 2. The van der Waals surface area contributed by atoms with E-state index in [1.165, 1.54) is 60.5 Å². The number of pyridine rings is 1. The van der Waals surface area contributed by atoms with Crippen molar-refractivity contribution in [3.8, 4) is 5.75 Å². The number of carbonyl (C=O) groups is 1. The van der Waals surface area contributed by atoms with Gasteiger partial charge in [0.15, 0.2) is 0 Å². The van der Waals surface area contributed by atoms with Crippen LogP contribution in [0.15, 0.2) is 48.5 Å². The Morgan fingerprint density at radius 3 is 2.39 bits per heavy atom. The van der Waals surface area contributed by atoms with E-state index in [-0.39, 0.29) is 11.7 Å². The number of hydrogen-bond acceptors (Lipinski definition) is 4. The van der Waals surface area contributed by atoms with Crippen LogP contribution in [0.1, 0.15) is 73.0 Å². The molecule has 3 aromatic rings. The van der Waals surface area contributed by atoms with Crippen molar-refractivity contribution in [2.45, 2.75) is 64.2 Å². The smallest absolute Gasteiger partial charge is 0.255 e. The zero-order chi connectivity index (χ0) is 22.9. The van der Waals surface area contributed by atoms with Crippen LogP contribution in [0, 0.1) is 0 Å². The molecule has 1 aliphatic rings. The SMILES string of the molecule is O=C(NCCCCCCCCNc1c2c(nc3ccccc13)CCCC2)c1ccccc1O. The molecule has 2 aromatic carbocycles. The van der Waals surface area contributed by atoms with Crippen LogP contribution in [0.3, 0.4) is 0 Å². The number of unbranched alkanes of at least 4 members (excludes halogenated alkanes) is 5. The van der Waals surface area contributed by atoms with E-state index in [0.717, 1.165) is 44.2 Å². The van der Waals surface area contributed by atoms with Gasteiger partial charge in [-0.15, -0.1) is 0 Å². The average Bonchev–Trinajstić information content (AvgIpc) is 2.84. The third-order valence-corrected chi connectivity index (χ3v) is 6.51. The van der Waals surface area contributed by atoms with Crippen LogP contribution >= 0.6 is 0 Å². The first kappa shape index (κ1) is 23.1. The fourth-order valence-electron chi connectivity index (χ4n) is 4.71. The Hall–Kier alpha value is -3.08. The maximum atomic E-state index is 12.1. The van der Waals surface area contributed by atoms with Gasteiger partial charge >= 0.3 is 0 Å². The Kier molecular flexibility index (Phi) is 8.18. The number of nitrogens with one attached hydrogen (secondary N) is 2. The summed E-state index contributed by atoms with van der Waals surface area (Å²) < 4.78 is 0. The number of phenols is 1. The van der Waals surface area contributed by atoms with E-state index >= 15 is 0 Å². The van der Waals surface area contributed by atoms with Gasteiger partial charge in [-0.25, -0.2) is 0 Å². The van der Waals surface area contributed by atoms with Crippen molar-refractivity contribution >= 4 is 22.5 Å². The highest BCUT2D eigenvalue weighted by atomic mass is 16.3. The third kappa shape index (κ3) is 6.04. The molecule has 1 heterocycles. The molecule has 0 bridgehead atoms. The van der Waals surface area contributed by atoms with Crippen LogP contribution in [-0.2, 0) is 12.8 Å². The molecule has 3 N–H and O–H groups in total. The molecule has 174 valence electrons. The first-order valence-corrected chi connectivity index (χ1v) is 12.4. The number of phenolic OH excluding ortho intramolecular Hbond substituents is 1. The largest absolute Gasteiger partial charge is 0.507 e. The number of aryl methyl sites for hydroxylation is 1. The quantitative estimate of drug-likeness (QED) is 0.316. The number of para-hydroxylation sites is 2. The van der Waals surface area contributed by atoms with Crippen molar-refractivity contribution in [1.82, 2.24) is 10.3 Å². The summed E-state index contributed by atoms with van der Waals surface area (Å²) in [6.07, 6.45) is 11.6. The first-order valence-electron chi connectivity index (χ1n) is 12.4. The molecule has 0 aliphatic heterocycles. The molecule has 0 unspecified atom stereocenters. The van der Waals surface area contributed by atoms with Crippen molar-refractivity contribution in [3.05, 3.63) is 65.4 Å². The Morgan fingerprint density at radius 1 is 0.848 bits per heavy atom. The number of rotatable bonds is 11. The van der Waals surface area contributed by atoms with Gasteiger partial charge in [-0.2, -0.15) is 0 Å². The van der Waals surface area contributed by atoms with Gasteiger partial charge in [0, 0.05) is 29.9 Å². The van der Waals surface area contributed by atoms with Crippen molar-refractivity contribution < 1.29 is 9.90 Å². The monoisotopic (exact) mass is 445 g/mol. The van der Waals surface area contributed by atoms with Crippen molar-refractivity contribution in [2.24, 2.45) is 0 Å². The number of carbonyl (C=O) groups excluding carboxylic acids is 1. The predicted octanol–water partition coefficient (Wildman–Crippen LogP) is 6.00. The lowest BCUT2D eigenvalue weighted by Gasteiger charge is -2.21. The molecule has 0 radical (unpaired) electrons. The molecule has 0 saturated carbocycles. The summed E-state index contributed by atoms with van der Waals surface area (Å²) in [7, 11) is 0. The van der Waals surface area contributed by atoms with Gasteiger partial charge in [-0.05, 0) is 62.3 Å². The standard InChI is InChI=1S/C28H35N3O2/c32-26-18-10-7-15-23(26)28(33)30-20-12-4-2-1-3-11-19-29-27-21-13-5-8-16-24(21)31-25-17-9-6-14-22(25)27/h5,7-8,10,13,15-16,18,32H,1-4,6,9,11-12,14,17,19-20H2,(H,29,31)(H,30,33). The van der Waals surface area contributed by atoms with E-state index in [1.807, 2.05) is 0 Å². The minimum absolute atomic E-state index is 0.0314. The molecule has 1 amide bonds. The molecular formula is C28H35N3O2. The molecule has 5 heteroatoms. The number of hydrogen-bond donors (Lipinski definition) is 3. The summed E-state index contributed by atoms with van der Waals surface area (Å²) in [4.78, 5) is 17.0. The van der Waals surface area contributed by atoms with E-state index < -0.39 is 0 Å². The van der Waals surface area contributed by atoms with Gasteiger partial charge in [-0.3, -0.25) is 9.78 Å². The highest BCUT2D eigenvalue weighted by Crippen LogP contribution is 2.33. The number of amides is 1. The predicted molar refractivity (Wildman–Crippen MR) is 135 cm³/mol. The lowest BCUT2D eigenvalue weighted by molar-refractivity contribution is 0.0950. The van der Waals surface area contributed by atoms with E-state index in [9.17, 15) is 9.90 Å². The van der Waals surface area contributed by atoms with Gasteiger partial charge in [0.2, 0.25) is 0 Å². The summed E-state index contributed by atoms with van der Waals surface area (Å²) in [6.45, 7) is 1.64. The van der Waals surface area contributed by atoms with Gasteiger partial charge in [0.1, 0.15) is 5.75 Å². The topological polar surface area (TPSA) is 74.2 Å². The fraction of sp³-hybridized carbons (Fsp3) is 0.429. The van der Waals surface area contributed by atoms with E-state index in [4.69, 9.17) is 4.98 Å². The Bertz CT molecular complexity index is 1080. The summed E-state index contributed by atoms with van der Waals surface area (Å²) in [5.74, 6) is -0.172. The van der Waals surface area contributed by atoms with E-state index in [1.54, 1.807) is 18.2 Å². The summed E-state index contributed by atoms with van der Waals surface area (Å²) in [6, 6.07) is 15.2. The third-order valence-electron chi connectivity index (χ3n) is 6.51. The number of anilines is 1. The van der Waals surface area contributed by atoms with Gasteiger partial charge < -0.3 is 15.7 Å². The average molecular weight is 446 g/mol. The number of aromatic nitrogens is 1. The van der Waals surface area contributed by atoms with E-state index in [0.29, 0.717) is 12.1 Å². The summed E-state index contributed by atoms with van der Waals surface area (Å²) >= 11 is 0. The second kappa shape index (κ2) is 11.7. The summed E-state index contributed by atoms with van der Waals surface area (Å²) in [5.41, 5.74) is 5.49. The molecule has 1 aromatic heterocycles. The number of benzene rings is 2. The highest BCUT2D eigenvalue weighted by Gasteiger charge is 2.17. The van der Waals surface area contributed by atoms with Crippen LogP contribution in [0.2, 0.25) is 0 Å². The molecule has 5 nitrogen and oxygen atoms in total. The first-order chi connectivity index (χ1) is 16.2. The molecular weight excluding hydrogens is 410 g/mol. The van der Waals surface area contributed by atoms with Gasteiger partial charge in [-0.1, -0.05) is 56.0 Å². The number of aromatic hydroxyl groups is 1. The lowest BCUT2D eigenvalue weighted by atomic mass is 9.92. The molecule has 4 rings (SSSR count). The van der Waals surface area contributed by atoms with Crippen molar-refractivity contribution in [1.29, 1.82) is 0 Å². The van der Waals surface area contributed by atoms with Crippen molar-refractivity contribution in [2.75, 3.05) is 18.4 Å². The van der Waals surface area contributed by atoms with E-state index in [2.05, 4.69) is 34.9 Å². The molecule has 0 spiro atoms. The summed E-state index contributed by atoms with van der Waals surface area (Å²) in [5, 5.41) is 17.6. The van der Waals surface area contributed by atoms with Crippen LogP contribution in [0.5, 0.6) is 5.75 Å². The zero-order valence-corrected chi connectivity index (χ0v) is 19.4. The molecule has 1 aliphatic carbocycles. The molecule has 0 atom stereocenters. The second-order valence-corrected chi connectivity index (χ2v) is 8.96. The Morgan fingerprint density at radius 2 is 1.55 bits per heavy atom. The second-order valence-electron chi connectivity index (χ2n) is 8.96. The van der Waals surface area contributed by atoms with Gasteiger partial charge in [0.25, 0.3) is 5.91 Å². The maximum absolute atomic E-state index is 12.1. The van der Waals surface area contributed by atoms with Crippen molar-refractivity contribution in [3.63, 3.8) is 0 Å². The Balaban J connectivity index is 1.13. The van der Waals surface area contributed by atoms with Crippen LogP contribution in [-0.4, -0.2) is 29.1 Å². The van der Waals surface area contributed by atoms with Crippen LogP contribution < -0.4 is 10.6 Å². The normalized spacial score (nSPS) is 13.0.